The number of para-hydroxylation sites is 1. The van der Waals surface area contributed by atoms with Crippen molar-refractivity contribution in [2.75, 3.05) is 31.3 Å². The molecule has 0 saturated carbocycles. The molecule has 0 aliphatic carbocycles. The van der Waals surface area contributed by atoms with Gasteiger partial charge in [-0.2, -0.15) is 0 Å². The first-order chi connectivity index (χ1) is 20.0. The van der Waals surface area contributed by atoms with E-state index in [-0.39, 0.29) is 5.91 Å². The molecule has 220 valence electrons. The second-order valence-electron chi connectivity index (χ2n) is 12.1. The van der Waals surface area contributed by atoms with Crippen molar-refractivity contribution in [2.24, 2.45) is 0 Å². The quantitative estimate of drug-likeness (QED) is 0.389. The van der Waals surface area contributed by atoms with Crippen molar-refractivity contribution in [3.63, 3.8) is 0 Å². The standard InChI is InChI=1S/C34H37NO7/c1-19-18-25-23(13-14-35(25)32(36)24-8-6-10-27-30(24)41-17-16-40-27)29(28(19)31(33(37)38)42-34(3,4)5)22-11-12-26-21(20(22)2)9-7-15-39-26/h6,8,10-12,18,31H,7,9,13-17H2,1-5H3,(H,37,38)/t31-/m0/s1. The topological polar surface area (TPSA) is 94.5 Å². The van der Waals surface area contributed by atoms with Gasteiger partial charge in [0.25, 0.3) is 5.91 Å². The van der Waals surface area contributed by atoms with Crippen LogP contribution < -0.4 is 19.1 Å². The first-order valence-electron chi connectivity index (χ1n) is 14.6. The molecule has 0 unspecified atom stereocenters. The van der Waals surface area contributed by atoms with Crippen LogP contribution in [-0.2, 0) is 22.4 Å². The Bertz CT molecular complexity index is 1590. The summed E-state index contributed by atoms with van der Waals surface area (Å²) in [4.78, 5) is 28.6. The molecule has 0 fully saturated rings. The Labute approximate surface area is 246 Å². The predicted molar refractivity (Wildman–Crippen MR) is 159 cm³/mol. The average molecular weight is 572 g/mol. The van der Waals surface area contributed by atoms with Crippen LogP contribution in [0, 0.1) is 13.8 Å². The highest BCUT2D eigenvalue weighted by Crippen LogP contribution is 2.47. The highest BCUT2D eigenvalue weighted by molar-refractivity contribution is 6.10. The van der Waals surface area contributed by atoms with Crippen LogP contribution in [0.25, 0.3) is 11.1 Å². The van der Waals surface area contributed by atoms with Gasteiger partial charge in [-0.25, -0.2) is 4.79 Å². The molecule has 3 aromatic carbocycles. The zero-order valence-corrected chi connectivity index (χ0v) is 24.8. The molecule has 3 aliphatic rings. The predicted octanol–water partition coefficient (Wildman–Crippen LogP) is 6.21. The fraction of sp³-hybridized carbons (Fsp3) is 0.412. The molecule has 0 spiro atoms. The maximum absolute atomic E-state index is 14.1. The fourth-order valence-electron chi connectivity index (χ4n) is 6.41. The normalized spacial score (nSPS) is 16.4. The van der Waals surface area contributed by atoms with Crippen molar-refractivity contribution >= 4 is 17.6 Å². The van der Waals surface area contributed by atoms with Crippen LogP contribution in [0.15, 0.2) is 36.4 Å². The number of ether oxygens (including phenoxy) is 4. The van der Waals surface area contributed by atoms with Crippen LogP contribution in [0.4, 0.5) is 5.69 Å². The minimum atomic E-state index is -1.19. The van der Waals surface area contributed by atoms with Gasteiger partial charge in [0.1, 0.15) is 19.0 Å². The lowest BCUT2D eigenvalue weighted by molar-refractivity contribution is -0.160. The Morgan fingerprint density at radius 1 is 0.952 bits per heavy atom. The number of carbonyl (C=O) groups is 2. The lowest BCUT2D eigenvalue weighted by Gasteiger charge is -2.30. The van der Waals surface area contributed by atoms with Crippen molar-refractivity contribution in [3.05, 3.63) is 69.8 Å². The van der Waals surface area contributed by atoms with E-state index in [0.717, 1.165) is 57.7 Å². The van der Waals surface area contributed by atoms with E-state index >= 15 is 0 Å². The van der Waals surface area contributed by atoms with Gasteiger partial charge in [-0.1, -0.05) is 12.1 Å². The van der Waals surface area contributed by atoms with Crippen molar-refractivity contribution in [1.82, 2.24) is 0 Å². The molecule has 0 radical (unpaired) electrons. The highest BCUT2D eigenvalue weighted by Gasteiger charge is 2.37. The summed E-state index contributed by atoms with van der Waals surface area (Å²) in [6, 6.07) is 11.3. The number of hydrogen-bond donors (Lipinski definition) is 1. The molecule has 8 heteroatoms. The van der Waals surface area contributed by atoms with E-state index in [4.69, 9.17) is 18.9 Å². The molecule has 1 N–H and O–H groups in total. The lowest BCUT2D eigenvalue weighted by Crippen LogP contribution is -2.30. The summed E-state index contributed by atoms with van der Waals surface area (Å²) in [5, 5.41) is 10.5. The number of carbonyl (C=O) groups excluding carboxylic acids is 1. The highest BCUT2D eigenvalue weighted by atomic mass is 16.6. The summed E-state index contributed by atoms with van der Waals surface area (Å²) in [5.74, 6) is 0.680. The van der Waals surface area contributed by atoms with Crippen LogP contribution in [0.5, 0.6) is 17.2 Å². The molecule has 0 saturated heterocycles. The monoisotopic (exact) mass is 571 g/mol. The zero-order chi connectivity index (χ0) is 29.8. The summed E-state index contributed by atoms with van der Waals surface area (Å²) >= 11 is 0. The van der Waals surface area contributed by atoms with Crippen molar-refractivity contribution in [2.45, 2.75) is 65.6 Å². The number of benzene rings is 3. The molecule has 3 heterocycles. The van der Waals surface area contributed by atoms with Gasteiger partial charge in [0.2, 0.25) is 0 Å². The Morgan fingerprint density at radius 3 is 2.48 bits per heavy atom. The summed E-state index contributed by atoms with van der Waals surface area (Å²) in [6.45, 7) is 11.5. The number of amides is 1. The van der Waals surface area contributed by atoms with Gasteiger partial charge in [0.05, 0.1) is 17.8 Å². The lowest BCUT2D eigenvalue weighted by atomic mass is 9.83. The van der Waals surface area contributed by atoms with E-state index in [0.29, 0.717) is 55.4 Å². The Balaban J connectivity index is 1.55. The SMILES string of the molecule is Cc1cc2c(c(-c3ccc4c(c3C)CCCO4)c1[C@H](OC(C)(C)C)C(=O)O)CCN2C(=O)c1cccc2c1OCCO2. The number of carboxylic acids is 1. The molecule has 1 atom stereocenters. The number of nitrogens with zero attached hydrogens (tertiary/aromatic N) is 1. The molecular formula is C34H37NO7. The largest absolute Gasteiger partial charge is 0.493 e. The van der Waals surface area contributed by atoms with Gasteiger partial charge in [-0.05, 0) is 112 Å². The van der Waals surface area contributed by atoms with Crippen molar-refractivity contribution in [1.29, 1.82) is 0 Å². The molecule has 1 amide bonds. The maximum Gasteiger partial charge on any atom is 0.337 e. The summed E-state index contributed by atoms with van der Waals surface area (Å²) in [7, 11) is 0. The van der Waals surface area contributed by atoms with Gasteiger partial charge in [0, 0.05) is 17.8 Å². The molecular weight excluding hydrogens is 534 g/mol. The first kappa shape index (κ1) is 28.1. The molecule has 42 heavy (non-hydrogen) atoms. The number of aliphatic carboxylic acids is 1. The van der Waals surface area contributed by atoms with Gasteiger partial charge in [-0.15, -0.1) is 0 Å². The second kappa shape index (κ2) is 10.7. The Morgan fingerprint density at radius 2 is 1.71 bits per heavy atom. The minimum Gasteiger partial charge on any atom is -0.493 e. The Hall–Kier alpha value is -4.04. The summed E-state index contributed by atoms with van der Waals surface area (Å²) in [5.41, 5.74) is 6.83. The van der Waals surface area contributed by atoms with E-state index in [9.17, 15) is 14.7 Å². The third-order valence-electron chi connectivity index (χ3n) is 8.19. The zero-order valence-electron chi connectivity index (χ0n) is 24.8. The van der Waals surface area contributed by atoms with Gasteiger partial charge < -0.3 is 29.0 Å². The number of aryl methyl sites for hydroxylation is 1. The van der Waals surface area contributed by atoms with Crippen molar-refractivity contribution in [3.8, 4) is 28.4 Å². The van der Waals surface area contributed by atoms with E-state index in [1.165, 1.54) is 0 Å². The van der Waals surface area contributed by atoms with Crippen LogP contribution in [0.3, 0.4) is 0 Å². The fourth-order valence-corrected chi connectivity index (χ4v) is 6.41. The van der Waals surface area contributed by atoms with E-state index in [2.05, 4.69) is 6.92 Å². The molecule has 3 aromatic rings. The first-order valence-corrected chi connectivity index (χ1v) is 14.6. The van der Waals surface area contributed by atoms with E-state index in [1.807, 2.05) is 52.0 Å². The average Bonchev–Trinajstić information content (AvgIpc) is 3.38. The number of rotatable bonds is 5. The molecule has 8 nitrogen and oxygen atoms in total. The van der Waals surface area contributed by atoms with Gasteiger partial charge in [-0.3, -0.25) is 4.79 Å². The van der Waals surface area contributed by atoms with Crippen LogP contribution in [-0.4, -0.2) is 48.9 Å². The van der Waals surface area contributed by atoms with Gasteiger partial charge in [0.15, 0.2) is 17.6 Å². The smallest absolute Gasteiger partial charge is 0.337 e. The molecule has 0 bridgehead atoms. The second-order valence-corrected chi connectivity index (χ2v) is 12.1. The van der Waals surface area contributed by atoms with Crippen LogP contribution in [0.2, 0.25) is 0 Å². The minimum absolute atomic E-state index is 0.175. The summed E-state index contributed by atoms with van der Waals surface area (Å²) < 4.78 is 23.7. The third-order valence-corrected chi connectivity index (χ3v) is 8.19. The summed E-state index contributed by atoms with van der Waals surface area (Å²) in [6.07, 6.45) is 1.21. The molecule has 6 rings (SSSR count). The number of carboxylic acid groups (broad SMARTS) is 1. The van der Waals surface area contributed by atoms with Crippen LogP contribution in [0.1, 0.15) is 71.5 Å². The Kier molecular flexibility index (Phi) is 7.13. The number of fused-ring (bicyclic) bond motifs is 3. The van der Waals surface area contributed by atoms with E-state index < -0.39 is 17.7 Å². The number of hydrogen-bond acceptors (Lipinski definition) is 6. The third kappa shape index (κ3) is 4.87. The maximum atomic E-state index is 14.1. The van der Waals surface area contributed by atoms with Crippen LogP contribution >= 0.6 is 0 Å². The van der Waals surface area contributed by atoms with Crippen molar-refractivity contribution < 1.29 is 33.6 Å². The van der Waals surface area contributed by atoms with E-state index in [1.54, 1.807) is 17.0 Å². The van der Waals surface area contributed by atoms with Gasteiger partial charge >= 0.3 is 5.97 Å². The number of anilines is 1. The molecule has 3 aliphatic heterocycles. The molecule has 0 aromatic heterocycles.